The second-order valence-corrected chi connectivity index (χ2v) is 5.27. The number of nitrogens with one attached hydrogen (secondary N) is 1. The van der Waals surface area contributed by atoms with Crippen molar-refractivity contribution in [1.29, 1.82) is 0 Å². The van der Waals surface area contributed by atoms with E-state index in [1.807, 2.05) is 38.1 Å². The van der Waals surface area contributed by atoms with Gasteiger partial charge in [0.1, 0.15) is 0 Å². The predicted octanol–water partition coefficient (Wildman–Crippen LogP) is 3.21. The minimum absolute atomic E-state index is 0.0681. The van der Waals surface area contributed by atoms with Crippen LogP contribution < -0.4 is 5.32 Å². The molecular formula is C13H18BrNO2. The number of hydrogen-bond acceptors (Lipinski definition) is 2. The van der Waals surface area contributed by atoms with E-state index in [0.29, 0.717) is 0 Å². The molecule has 3 atom stereocenters. The summed E-state index contributed by atoms with van der Waals surface area (Å²) in [6.45, 7) is 5.65. The highest BCUT2D eigenvalue weighted by molar-refractivity contribution is 9.10. The number of carboxylic acid groups (broad SMARTS) is 1. The molecule has 2 N–H and O–H groups in total. The molecule has 0 radical (unpaired) electrons. The standard InChI is InChI=1S/C13H18BrNO2/c1-8(13(16)17)9(2)15-10(3)11-5-4-6-12(14)7-11/h4-10,15H,1-3H3,(H,16,17)/t8?,9?,10-/m1/s1. The first-order chi connectivity index (χ1) is 7.91. The van der Waals surface area contributed by atoms with Gasteiger partial charge in [-0.3, -0.25) is 4.79 Å². The predicted molar refractivity (Wildman–Crippen MR) is 72.0 cm³/mol. The molecule has 0 fully saturated rings. The number of hydrogen-bond donors (Lipinski definition) is 2. The summed E-state index contributed by atoms with van der Waals surface area (Å²) >= 11 is 3.43. The van der Waals surface area contributed by atoms with E-state index in [9.17, 15) is 4.79 Å². The van der Waals surface area contributed by atoms with Gasteiger partial charge < -0.3 is 10.4 Å². The Balaban J connectivity index is 2.66. The fourth-order valence-electron chi connectivity index (χ4n) is 1.62. The van der Waals surface area contributed by atoms with Crippen molar-refractivity contribution in [3.8, 4) is 0 Å². The lowest BCUT2D eigenvalue weighted by Crippen LogP contribution is -2.37. The summed E-state index contributed by atoms with van der Waals surface area (Å²) in [5, 5.41) is 12.2. The number of halogens is 1. The van der Waals surface area contributed by atoms with Crippen LogP contribution in [0.4, 0.5) is 0 Å². The largest absolute Gasteiger partial charge is 0.481 e. The number of aliphatic carboxylic acids is 1. The van der Waals surface area contributed by atoms with Crippen LogP contribution >= 0.6 is 15.9 Å². The molecule has 0 spiro atoms. The van der Waals surface area contributed by atoms with Gasteiger partial charge in [-0.1, -0.05) is 35.0 Å². The summed E-state index contributed by atoms with van der Waals surface area (Å²) in [7, 11) is 0. The van der Waals surface area contributed by atoms with Crippen molar-refractivity contribution in [2.24, 2.45) is 5.92 Å². The van der Waals surface area contributed by atoms with Gasteiger partial charge in [0, 0.05) is 16.6 Å². The molecule has 0 aliphatic heterocycles. The molecule has 1 aromatic carbocycles. The van der Waals surface area contributed by atoms with Crippen LogP contribution in [0.3, 0.4) is 0 Å². The molecule has 94 valence electrons. The molecule has 2 unspecified atom stereocenters. The molecule has 0 saturated heterocycles. The molecular weight excluding hydrogens is 282 g/mol. The molecule has 0 saturated carbocycles. The zero-order valence-corrected chi connectivity index (χ0v) is 11.9. The highest BCUT2D eigenvalue weighted by Crippen LogP contribution is 2.19. The maximum Gasteiger partial charge on any atom is 0.307 e. The maximum atomic E-state index is 10.9. The zero-order chi connectivity index (χ0) is 13.0. The normalized spacial score (nSPS) is 16.2. The van der Waals surface area contributed by atoms with Crippen LogP contribution in [-0.2, 0) is 4.79 Å². The number of carbonyl (C=O) groups is 1. The third kappa shape index (κ3) is 4.13. The molecule has 0 amide bonds. The second kappa shape index (κ2) is 6.17. The van der Waals surface area contributed by atoms with Crippen LogP contribution in [0, 0.1) is 5.92 Å². The molecule has 1 rings (SSSR count). The summed E-state index contributed by atoms with van der Waals surface area (Å²) in [6.07, 6.45) is 0. The lowest BCUT2D eigenvalue weighted by Gasteiger charge is -2.23. The van der Waals surface area contributed by atoms with E-state index in [-0.39, 0.29) is 12.1 Å². The minimum atomic E-state index is -0.772. The van der Waals surface area contributed by atoms with Gasteiger partial charge in [-0.2, -0.15) is 0 Å². The summed E-state index contributed by atoms with van der Waals surface area (Å²) in [6, 6.07) is 8.07. The topological polar surface area (TPSA) is 49.3 Å². The van der Waals surface area contributed by atoms with Gasteiger partial charge in [0.25, 0.3) is 0 Å². The Labute approximate surface area is 110 Å². The van der Waals surface area contributed by atoms with Gasteiger partial charge in [-0.25, -0.2) is 0 Å². The van der Waals surface area contributed by atoms with E-state index in [1.165, 1.54) is 0 Å². The average Bonchev–Trinajstić information content (AvgIpc) is 2.27. The molecule has 0 heterocycles. The van der Waals surface area contributed by atoms with Crippen molar-refractivity contribution >= 4 is 21.9 Å². The van der Waals surface area contributed by atoms with E-state index in [1.54, 1.807) is 6.92 Å². The van der Waals surface area contributed by atoms with Crippen molar-refractivity contribution < 1.29 is 9.90 Å². The van der Waals surface area contributed by atoms with Gasteiger partial charge in [0.15, 0.2) is 0 Å². The van der Waals surface area contributed by atoms with Crippen LogP contribution in [0.1, 0.15) is 32.4 Å². The van der Waals surface area contributed by atoms with Crippen molar-refractivity contribution in [3.63, 3.8) is 0 Å². The van der Waals surface area contributed by atoms with Crippen LogP contribution in [0.15, 0.2) is 28.7 Å². The summed E-state index contributed by atoms with van der Waals surface area (Å²) in [5.41, 5.74) is 1.14. The van der Waals surface area contributed by atoms with Gasteiger partial charge in [-0.15, -0.1) is 0 Å². The third-order valence-electron chi connectivity index (χ3n) is 3.00. The molecule has 0 aliphatic rings. The number of benzene rings is 1. The smallest absolute Gasteiger partial charge is 0.307 e. The van der Waals surface area contributed by atoms with Crippen LogP contribution in [0.25, 0.3) is 0 Å². The zero-order valence-electron chi connectivity index (χ0n) is 10.3. The second-order valence-electron chi connectivity index (χ2n) is 4.36. The highest BCUT2D eigenvalue weighted by atomic mass is 79.9. The molecule has 0 aliphatic carbocycles. The first kappa shape index (κ1) is 14.2. The summed E-state index contributed by atoms with van der Waals surface area (Å²) in [4.78, 5) is 10.9. The van der Waals surface area contributed by atoms with Crippen molar-refractivity contribution in [2.45, 2.75) is 32.9 Å². The Morgan fingerprint density at radius 2 is 2.00 bits per heavy atom. The van der Waals surface area contributed by atoms with Gasteiger partial charge in [-0.05, 0) is 31.5 Å². The van der Waals surface area contributed by atoms with E-state index < -0.39 is 11.9 Å². The first-order valence-electron chi connectivity index (χ1n) is 5.66. The maximum absolute atomic E-state index is 10.9. The van der Waals surface area contributed by atoms with Gasteiger partial charge in [0.05, 0.1) is 5.92 Å². The van der Waals surface area contributed by atoms with Crippen molar-refractivity contribution in [2.75, 3.05) is 0 Å². The van der Waals surface area contributed by atoms with Crippen molar-refractivity contribution in [1.82, 2.24) is 5.32 Å². The fourth-order valence-corrected chi connectivity index (χ4v) is 2.04. The summed E-state index contributed by atoms with van der Waals surface area (Å²) in [5.74, 6) is -1.17. The van der Waals surface area contributed by atoms with E-state index in [0.717, 1.165) is 10.0 Å². The first-order valence-corrected chi connectivity index (χ1v) is 6.45. The van der Waals surface area contributed by atoms with Crippen LogP contribution in [0.2, 0.25) is 0 Å². The van der Waals surface area contributed by atoms with Crippen LogP contribution in [-0.4, -0.2) is 17.1 Å². The summed E-state index contributed by atoms with van der Waals surface area (Å²) < 4.78 is 1.03. The van der Waals surface area contributed by atoms with Gasteiger partial charge in [0.2, 0.25) is 0 Å². The highest BCUT2D eigenvalue weighted by Gasteiger charge is 2.20. The third-order valence-corrected chi connectivity index (χ3v) is 3.49. The molecule has 1 aromatic rings. The molecule has 0 bridgehead atoms. The SMILES string of the molecule is CC(N[C@H](C)c1cccc(Br)c1)C(C)C(=O)O. The Kier molecular flexibility index (Phi) is 5.15. The van der Waals surface area contributed by atoms with Crippen LogP contribution in [0.5, 0.6) is 0 Å². The van der Waals surface area contributed by atoms with Crippen molar-refractivity contribution in [3.05, 3.63) is 34.3 Å². The number of rotatable bonds is 5. The molecule has 4 heteroatoms. The lowest BCUT2D eigenvalue weighted by atomic mass is 10.0. The molecule has 17 heavy (non-hydrogen) atoms. The van der Waals surface area contributed by atoms with E-state index >= 15 is 0 Å². The Hall–Kier alpha value is -0.870. The molecule has 3 nitrogen and oxygen atoms in total. The Morgan fingerprint density at radius 1 is 1.35 bits per heavy atom. The van der Waals surface area contributed by atoms with E-state index in [2.05, 4.69) is 21.2 Å². The average molecular weight is 300 g/mol. The Morgan fingerprint density at radius 3 is 2.53 bits per heavy atom. The minimum Gasteiger partial charge on any atom is -0.481 e. The fraction of sp³-hybridized carbons (Fsp3) is 0.462. The monoisotopic (exact) mass is 299 g/mol. The number of carboxylic acids is 1. The van der Waals surface area contributed by atoms with E-state index in [4.69, 9.17) is 5.11 Å². The lowest BCUT2D eigenvalue weighted by molar-refractivity contribution is -0.142. The Bertz CT molecular complexity index is 395. The molecule has 0 aromatic heterocycles. The van der Waals surface area contributed by atoms with Gasteiger partial charge >= 0.3 is 5.97 Å². The quantitative estimate of drug-likeness (QED) is 0.878.